The molecule has 0 radical (unpaired) electrons. The van der Waals surface area contributed by atoms with Crippen molar-refractivity contribution in [2.75, 3.05) is 18.4 Å². The average Bonchev–Trinajstić information content (AvgIpc) is 2.48. The highest BCUT2D eigenvalue weighted by Gasteiger charge is 2.22. The summed E-state index contributed by atoms with van der Waals surface area (Å²) >= 11 is 0. The molecule has 1 amide bonds. The molecule has 3 nitrogen and oxygen atoms in total. The van der Waals surface area contributed by atoms with E-state index in [2.05, 4.69) is 56.5 Å². The third-order valence-corrected chi connectivity index (χ3v) is 4.29. The molecule has 0 saturated carbocycles. The zero-order chi connectivity index (χ0) is 15.4. The predicted molar refractivity (Wildman–Crippen MR) is 96.1 cm³/mol. The van der Waals surface area contributed by atoms with E-state index < -0.39 is 0 Å². The number of hydrogen-bond donors (Lipinski definition) is 2. The van der Waals surface area contributed by atoms with Crippen LogP contribution in [0.4, 0.5) is 5.69 Å². The molecule has 4 heteroatoms. The summed E-state index contributed by atoms with van der Waals surface area (Å²) in [7, 11) is 0. The third kappa shape index (κ3) is 4.72. The van der Waals surface area contributed by atoms with E-state index in [9.17, 15) is 4.79 Å². The predicted octanol–water partition coefficient (Wildman–Crippen LogP) is 4.29. The van der Waals surface area contributed by atoms with E-state index in [1.165, 1.54) is 11.1 Å². The molecule has 0 aromatic heterocycles. The van der Waals surface area contributed by atoms with Crippen LogP contribution in [0.3, 0.4) is 0 Å². The second-order valence-corrected chi connectivity index (χ2v) is 6.69. The molecule has 1 fully saturated rings. The summed E-state index contributed by atoms with van der Waals surface area (Å²) in [5.74, 6) is 1.17. The smallest absolute Gasteiger partial charge is 0.228 e. The molecule has 124 valence electrons. The first kappa shape index (κ1) is 19.0. The molecule has 1 aliphatic rings. The van der Waals surface area contributed by atoms with Gasteiger partial charge in [0.25, 0.3) is 0 Å². The fourth-order valence-electron chi connectivity index (χ4n) is 2.84. The highest BCUT2D eigenvalue weighted by Crippen LogP contribution is 2.29. The molecule has 22 heavy (non-hydrogen) atoms. The summed E-state index contributed by atoms with van der Waals surface area (Å²) in [6.45, 7) is 10.6. The first-order valence-corrected chi connectivity index (χ1v) is 8.14. The number of rotatable bonds is 4. The first-order valence-electron chi connectivity index (χ1n) is 8.14. The van der Waals surface area contributed by atoms with Crippen molar-refractivity contribution in [1.29, 1.82) is 0 Å². The second kappa shape index (κ2) is 8.54. The van der Waals surface area contributed by atoms with E-state index in [1.807, 2.05) is 0 Å². The maximum Gasteiger partial charge on any atom is 0.228 e. The summed E-state index contributed by atoms with van der Waals surface area (Å²) in [4.78, 5) is 12.4. The molecule has 1 saturated heterocycles. The Hall–Kier alpha value is -1.06. The van der Waals surface area contributed by atoms with Crippen LogP contribution in [-0.4, -0.2) is 19.0 Å². The SMILES string of the molecule is CC(C)c1ccc(NC(=O)C2CCCNC2)c(C(C)C)c1.Cl. The maximum absolute atomic E-state index is 12.4. The largest absolute Gasteiger partial charge is 0.326 e. The molecule has 1 aliphatic heterocycles. The Kier molecular flexibility index (Phi) is 7.37. The lowest BCUT2D eigenvalue weighted by Crippen LogP contribution is -2.37. The van der Waals surface area contributed by atoms with E-state index in [1.54, 1.807) is 0 Å². The van der Waals surface area contributed by atoms with Crippen molar-refractivity contribution < 1.29 is 4.79 Å². The van der Waals surface area contributed by atoms with E-state index in [4.69, 9.17) is 0 Å². The Morgan fingerprint density at radius 1 is 1.23 bits per heavy atom. The molecule has 1 aromatic rings. The topological polar surface area (TPSA) is 41.1 Å². The number of carbonyl (C=O) groups is 1. The minimum atomic E-state index is 0. The normalized spacial score (nSPS) is 18.2. The summed E-state index contributed by atoms with van der Waals surface area (Å²) in [6.07, 6.45) is 2.07. The minimum Gasteiger partial charge on any atom is -0.326 e. The van der Waals surface area contributed by atoms with Gasteiger partial charge in [-0.25, -0.2) is 0 Å². The van der Waals surface area contributed by atoms with Gasteiger partial charge in [0, 0.05) is 12.2 Å². The molecule has 1 unspecified atom stereocenters. The van der Waals surface area contributed by atoms with Gasteiger partial charge in [0.1, 0.15) is 0 Å². The van der Waals surface area contributed by atoms with Crippen molar-refractivity contribution in [3.8, 4) is 0 Å². The molecule has 2 rings (SSSR count). The van der Waals surface area contributed by atoms with E-state index in [0.29, 0.717) is 11.8 Å². The van der Waals surface area contributed by atoms with E-state index in [0.717, 1.165) is 31.6 Å². The quantitative estimate of drug-likeness (QED) is 0.867. The van der Waals surface area contributed by atoms with Crippen molar-refractivity contribution in [3.05, 3.63) is 29.3 Å². The lowest BCUT2D eigenvalue weighted by molar-refractivity contribution is -0.120. The number of nitrogens with one attached hydrogen (secondary N) is 2. The maximum atomic E-state index is 12.4. The molecule has 1 atom stereocenters. The molecule has 1 aromatic carbocycles. The molecule has 0 aliphatic carbocycles. The Morgan fingerprint density at radius 2 is 1.95 bits per heavy atom. The van der Waals surface area contributed by atoms with Crippen molar-refractivity contribution >= 4 is 24.0 Å². The zero-order valence-corrected chi connectivity index (χ0v) is 14.9. The highest BCUT2D eigenvalue weighted by molar-refractivity contribution is 5.93. The lowest BCUT2D eigenvalue weighted by atomic mass is 9.93. The molecule has 2 N–H and O–H groups in total. The Bertz CT molecular complexity index is 494. The van der Waals surface area contributed by atoms with Crippen LogP contribution in [0.5, 0.6) is 0 Å². The number of anilines is 1. The van der Waals surface area contributed by atoms with Crippen molar-refractivity contribution in [2.45, 2.75) is 52.4 Å². The number of benzene rings is 1. The van der Waals surface area contributed by atoms with Gasteiger partial charge in [-0.15, -0.1) is 12.4 Å². The van der Waals surface area contributed by atoms with Gasteiger partial charge < -0.3 is 10.6 Å². The molecular formula is C18H29ClN2O. The average molecular weight is 325 g/mol. The Balaban J connectivity index is 0.00000242. The van der Waals surface area contributed by atoms with Gasteiger partial charge in [-0.2, -0.15) is 0 Å². The summed E-state index contributed by atoms with van der Waals surface area (Å²) in [5, 5.41) is 6.45. The summed E-state index contributed by atoms with van der Waals surface area (Å²) < 4.78 is 0. The molecular weight excluding hydrogens is 296 g/mol. The first-order chi connectivity index (χ1) is 9.99. The molecule has 0 bridgehead atoms. The van der Waals surface area contributed by atoms with Crippen LogP contribution in [-0.2, 0) is 4.79 Å². The van der Waals surface area contributed by atoms with Crippen LogP contribution in [0.25, 0.3) is 0 Å². The van der Waals surface area contributed by atoms with Gasteiger partial charge in [-0.3, -0.25) is 4.79 Å². The van der Waals surface area contributed by atoms with Crippen LogP contribution in [0.2, 0.25) is 0 Å². The fourth-order valence-corrected chi connectivity index (χ4v) is 2.84. The standard InChI is InChI=1S/C18H28N2O.ClH/c1-12(2)14-7-8-17(16(10-14)13(3)4)20-18(21)15-6-5-9-19-11-15;/h7-8,10,12-13,15,19H,5-6,9,11H2,1-4H3,(H,20,21);1H. The number of amides is 1. The monoisotopic (exact) mass is 324 g/mol. The number of hydrogen-bond acceptors (Lipinski definition) is 2. The van der Waals surface area contributed by atoms with Gasteiger partial charge in [0.15, 0.2) is 0 Å². The van der Waals surface area contributed by atoms with Crippen LogP contribution < -0.4 is 10.6 Å². The van der Waals surface area contributed by atoms with Crippen molar-refractivity contribution in [2.24, 2.45) is 5.92 Å². The summed E-state index contributed by atoms with van der Waals surface area (Å²) in [6, 6.07) is 6.44. The van der Waals surface area contributed by atoms with Crippen LogP contribution >= 0.6 is 12.4 Å². The summed E-state index contributed by atoms with van der Waals surface area (Å²) in [5.41, 5.74) is 3.54. The van der Waals surface area contributed by atoms with Crippen LogP contribution in [0, 0.1) is 5.92 Å². The second-order valence-electron chi connectivity index (χ2n) is 6.69. The van der Waals surface area contributed by atoms with Crippen LogP contribution in [0.15, 0.2) is 18.2 Å². The number of halogens is 1. The van der Waals surface area contributed by atoms with Crippen molar-refractivity contribution in [3.63, 3.8) is 0 Å². The van der Waals surface area contributed by atoms with E-state index >= 15 is 0 Å². The van der Waals surface area contributed by atoms with Gasteiger partial charge in [-0.05, 0) is 48.4 Å². The Morgan fingerprint density at radius 3 is 2.50 bits per heavy atom. The van der Waals surface area contributed by atoms with Crippen molar-refractivity contribution in [1.82, 2.24) is 5.32 Å². The van der Waals surface area contributed by atoms with Gasteiger partial charge >= 0.3 is 0 Å². The minimum absolute atomic E-state index is 0. The van der Waals surface area contributed by atoms with Gasteiger partial charge in [0.2, 0.25) is 5.91 Å². The highest BCUT2D eigenvalue weighted by atomic mass is 35.5. The van der Waals surface area contributed by atoms with Gasteiger partial charge in [-0.1, -0.05) is 39.8 Å². The Labute approximate surface area is 140 Å². The van der Waals surface area contributed by atoms with Crippen LogP contribution in [0.1, 0.15) is 63.5 Å². The van der Waals surface area contributed by atoms with E-state index in [-0.39, 0.29) is 24.2 Å². The number of piperidine rings is 1. The third-order valence-electron chi connectivity index (χ3n) is 4.29. The fraction of sp³-hybridized carbons (Fsp3) is 0.611. The molecule has 1 heterocycles. The van der Waals surface area contributed by atoms with Gasteiger partial charge in [0.05, 0.1) is 5.92 Å². The number of carbonyl (C=O) groups excluding carboxylic acids is 1. The molecule has 0 spiro atoms. The zero-order valence-electron chi connectivity index (χ0n) is 14.1. The lowest BCUT2D eigenvalue weighted by Gasteiger charge is -2.23.